The first-order chi connectivity index (χ1) is 8.97. The fourth-order valence-electron chi connectivity index (χ4n) is 1.85. The van der Waals surface area contributed by atoms with E-state index < -0.39 is 0 Å². The second-order valence-electron chi connectivity index (χ2n) is 5.36. The molecule has 2 amide bonds. The van der Waals surface area contributed by atoms with Crippen molar-refractivity contribution in [2.24, 2.45) is 0 Å². The van der Waals surface area contributed by atoms with Crippen molar-refractivity contribution in [3.8, 4) is 0 Å². The fraction of sp³-hybridized carbons (Fsp3) is 0.286. The van der Waals surface area contributed by atoms with Crippen LogP contribution in [0, 0.1) is 0 Å². The van der Waals surface area contributed by atoms with Crippen molar-refractivity contribution in [3.63, 3.8) is 0 Å². The Kier molecular flexibility index (Phi) is 3.55. The molecule has 0 radical (unpaired) electrons. The Bertz CT molecular complexity index is 555. The van der Waals surface area contributed by atoms with E-state index >= 15 is 0 Å². The van der Waals surface area contributed by atoms with Crippen molar-refractivity contribution in [2.75, 3.05) is 10.6 Å². The van der Waals surface area contributed by atoms with Gasteiger partial charge in [-0.3, -0.25) is 5.10 Å². The van der Waals surface area contributed by atoms with Gasteiger partial charge in [0.1, 0.15) is 0 Å². The van der Waals surface area contributed by atoms with E-state index in [2.05, 4.69) is 41.6 Å². The molecule has 0 spiro atoms. The number of carbonyl (C=O) groups excluding carboxylic acids is 1. The average molecular weight is 258 g/mol. The number of hydrogen-bond acceptors (Lipinski definition) is 2. The van der Waals surface area contributed by atoms with Crippen LogP contribution >= 0.6 is 0 Å². The molecular weight excluding hydrogens is 240 g/mol. The van der Waals surface area contributed by atoms with Crippen LogP contribution in [0.4, 0.5) is 16.2 Å². The van der Waals surface area contributed by atoms with Gasteiger partial charge in [-0.15, -0.1) is 0 Å². The molecule has 2 rings (SSSR count). The number of hydrogen-bond donors (Lipinski definition) is 3. The van der Waals surface area contributed by atoms with Crippen molar-refractivity contribution in [1.82, 2.24) is 10.2 Å². The molecule has 0 aliphatic carbocycles. The van der Waals surface area contributed by atoms with Crippen LogP contribution in [0.5, 0.6) is 0 Å². The van der Waals surface area contributed by atoms with Crippen LogP contribution in [0.3, 0.4) is 0 Å². The zero-order valence-electron chi connectivity index (χ0n) is 11.3. The van der Waals surface area contributed by atoms with Crippen LogP contribution in [-0.2, 0) is 5.41 Å². The van der Waals surface area contributed by atoms with Gasteiger partial charge in [0.15, 0.2) is 0 Å². The summed E-state index contributed by atoms with van der Waals surface area (Å²) in [6.07, 6.45) is 3.17. The van der Waals surface area contributed by atoms with E-state index in [-0.39, 0.29) is 11.4 Å². The highest BCUT2D eigenvalue weighted by molar-refractivity contribution is 6.00. The van der Waals surface area contributed by atoms with E-state index in [1.807, 2.05) is 24.3 Å². The SMILES string of the molecule is CC(C)(C)c1ccccc1NC(=O)Nc1cn[nH]c1. The van der Waals surface area contributed by atoms with Gasteiger partial charge < -0.3 is 10.6 Å². The zero-order chi connectivity index (χ0) is 13.9. The lowest BCUT2D eigenvalue weighted by atomic mass is 9.86. The second-order valence-corrected chi connectivity index (χ2v) is 5.36. The van der Waals surface area contributed by atoms with Crippen LogP contribution in [0.2, 0.25) is 0 Å². The maximum Gasteiger partial charge on any atom is 0.323 e. The molecule has 5 nitrogen and oxygen atoms in total. The van der Waals surface area contributed by atoms with Gasteiger partial charge in [-0.2, -0.15) is 5.10 Å². The van der Waals surface area contributed by atoms with Crippen LogP contribution < -0.4 is 10.6 Å². The highest BCUT2D eigenvalue weighted by Crippen LogP contribution is 2.29. The molecule has 0 bridgehead atoms. The van der Waals surface area contributed by atoms with Crippen LogP contribution in [0.1, 0.15) is 26.3 Å². The molecule has 0 atom stereocenters. The van der Waals surface area contributed by atoms with Crippen molar-refractivity contribution in [3.05, 3.63) is 42.2 Å². The Hall–Kier alpha value is -2.30. The molecule has 0 fully saturated rings. The number of urea groups is 1. The number of para-hydroxylation sites is 1. The summed E-state index contributed by atoms with van der Waals surface area (Å²) in [6.45, 7) is 6.34. The molecule has 3 N–H and O–H groups in total. The predicted molar refractivity (Wildman–Crippen MR) is 76.4 cm³/mol. The fourth-order valence-corrected chi connectivity index (χ4v) is 1.85. The van der Waals surface area contributed by atoms with Gasteiger partial charge in [0.2, 0.25) is 0 Å². The van der Waals surface area contributed by atoms with Gasteiger partial charge >= 0.3 is 6.03 Å². The molecule has 2 aromatic rings. The number of aromatic amines is 1. The Morgan fingerprint density at radius 1 is 1.21 bits per heavy atom. The minimum atomic E-state index is -0.280. The van der Waals surface area contributed by atoms with Gasteiger partial charge in [-0.1, -0.05) is 39.0 Å². The summed E-state index contributed by atoms with van der Waals surface area (Å²) < 4.78 is 0. The van der Waals surface area contributed by atoms with E-state index in [0.717, 1.165) is 11.3 Å². The minimum absolute atomic E-state index is 0.0283. The standard InChI is InChI=1S/C14H18N4O/c1-14(2,3)11-6-4-5-7-12(11)18-13(19)17-10-8-15-16-9-10/h4-9H,1-3H3,(H,15,16)(H2,17,18,19). The third-order valence-corrected chi connectivity index (χ3v) is 2.74. The van der Waals surface area contributed by atoms with Gasteiger partial charge in [0.05, 0.1) is 11.9 Å². The zero-order valence-corrected chi connectivity index (χ0v) is 11.3. The van der Waals surface area contributed by atoms with E-state index in [1.165, 1.54) is 0 Å². The molecule has 0 unspecified atom stereocenters. The molecule has 0 aliphatic rings. The molecule has 5 heteroatoms. The number of H-pyrrole nitrogens is 1. The van der Waals surface area contributed by atoms with Gasteiger partial charge in [-0.25, -0.2) is 4.79 Å². The summed E-state index contributed by atoms with van der Waals surface area (Å²) in [5.74, 6) is 0. The minimum Gasteiger partial charge on any atom is -0.307 e. The highest BCUT2D eigenvalue weighted by Gasteiger charge is 2.18. The summed E-state index contributed by atoms with van der Waals surface area (Å²) in [5.41, 5.74) is 2.51. The number of rotatable bonds is 2. The first-order valence-corrected chi connectivity index (χ1v) is 6.13. The van der Waals surface area contributed by atoms with Crippen LogP contribution in [-0.4, -0.2) is 16.2 Å². The molecule has 100 valence electrons. The number of anilines is 2. The molecule has 0 aliphatic heterocycles. The maximum atomic E-state index is 11.9. The third kappa shape index (κ3) is 3.34. The number of aromatic nitrogens is 2. The van der Waals surface area contributed by atoms with E-state index in [9.17, 15) is 4.79 Å². The maximum absolute atomic E-state index is 11.9. The van der Waals surface area contributed by atoms with Crippen molar-refractivity contribution in [2.45, 2.75) is 26.2 Å². The topological polar surface area (TPSA) is 69.8 Å². The van der Waals surface area contributed by atoms with Crippen molar-refractivity contribution < 1.29 is 4.79 Å². The first-order valence-electron chi connectivity index (χ1n) is 6.13. The Balaban J connectivity index is 2.13. The van der Waals surface area contributed by atoms with E-state index in [1.54, 1.807) is 12.4 Å². The summed E-state index contributed by atoms with van der Waals surface area (Å²) in [4.78, 5) is 11.9. The van der Waals surface area contributed by atoms with Crippen molar-refractivity contribution in [1.29, 1.82) is 0 Å². The summed E-state index contributed by atoms with van der Waals surface area (Å²) in [6, 6.07) is 7.52. The lowest BCUT2D eigenvalue weighted by Gasteiger charge is -2.22. The van der Waals surface area contributed by atoms with Gasteiger partial charge in [0, 0.05) is 11.9 Å². The Morgan fingerprint density at radius 2 is 1.95 bits per heavy atom. The average Bonchev–Trinajstić information content (AvgIpc) is 2.81. The second kappa shape index (κ2) is 5.14. The molecule has 1 aromatic heterocycles. The van der Waals surface area contributed by atoms with Crippen molar-refractivity contribution >= 4 is 17.4 Å². The monoisotopic (exact) mass is 258 g/mol. The molecule has 0 saturated carbocycles. The first kappa shape index (κ1) is 13.1. The summed E-state index contributed by atoms with van der Waals surface area (Å²) >= 11 is 0. The Morgan fingerprint density at radius 3 is 2.58 bits per heavy atom. The van der Waals surface area contributed by atoms with E-state index in [4.69, 9.17) is 0 Å². The summed E-state index contributed by atoms with van der Waals surface area (Å²) in [7, 11) is 0. The van der Waals surface area contributed by atoms with Gasteiger partial charge in [0.25, 0.3) is 0 Å². The van der Waals surface area contributed by atoms with E-state index in [0.29, 0.717) is 5.69 Å². The highest BCUT2D eigenvalue weighted by atomic mass is 16.2. The lowest BCUT2D eigenvalue weighted by molar-refractivity contribution is 0.262. The lowest BCUT2D eigenvalue weighted by Crippen LogP contribution is -2.22. The Labute approximate surface area is 112 Å². The van der Waals surface area contributed by atoms with Crippen LogP contribution in [0.25, 0.3) is 0 Å². The molecule has 1 heterocycles. The molecule has 19 heavy (non-hydrogen) atoms. The normalized spacial score (nSPS) is 11.1. The van der Waals surface area contributed by atoms with Crippen LogP contribution in [0.15, 0.2) is 36.7 Å². The number of nitrogens with one attached hydrogen (secondary N) is 3. The number of carbonyl (C=O) groups is 1. The third-order valence-electron chi connectivity index (χ3n) is 2.74. The smallest absolute Gasteiger partial charge is 0.307 e. The quantitative estimate of drug-likeness (QED) is 0.773. The number of amides is 2. The molecule has 0 saturated heterocycles. The van der Waals surface area contributed by atoms with Gasteiger partial charge in [-0.05, 0) is 17.0 Å². The predicted octanol–water partition coefficient (Wildman–Crippen LogP) is 3.35. The number of benzene rings is 1. The largest absolute Gasteiger partial charge is 0.323 e. The summed E-state index contributed by atoms with van der Waals surface area (Å²) in [5, 5.41) is 12.0. The molecular formula is C14H18N4O. The number of nitrogens with zero attached hydrogens (tertiary/aromatic N) is 1. The molecule has 1 aromatic carbocycles.